The minimum atomic E-state index is -0.298. The molecule has 6 heteroatoms. The predicted octanol–water partition coefficient (Wildman–Crippen LogP) is 4.24. The summed E-state index contributed by atoms with van der Waals surface area (Å²) in [5.41, 5.74) is 5.90. The molecular weight excluding hydrogens is 448 g/mol. The fraction of sp³-hybridized carbons (Fsp3) is 0.500. The Kier molecular flexibility index (Phi) is 10.2. The molecule has 0 unspecified atom stereocenters. The second kappa shape index (κ2) is 13.1. The van der Waals surface area contributed by atoms with E-state index in [1.165, 1.54) is 27.1 Å². The third-order valence-electron chi connectivity index (χ3n) is 6.67. The molecule has 1 fully saturated rings. The summed E-state index contributed by atoms with van der Waals surface area (Å²) in [6, 6.07) is 12.6. The topological polar surface area (TPSA) is 83.8 Å². The summed E-state index contributed by atoms with van der Waals surface area (Å²) < 4.78 is 4.93. The number of Topliss-reactive ketones (excluding diaryl/α,β-unsaturated/α-hetero) is 1. The van der Waals surface area contributed by atoms with Gasteiger partial charge in [-0.1, -0.05) is 24.3 Å². The van der Waals surface area contributed by atoms with Gasteiger partial charge in [0.15, 0.2) is 0 Å². The van der Waals surface area contributed by atoms with Gasteiger partial charge in [-0.25, -0.2) is 0 Å². The van der Waals surface area contributed by atoms with Gasteiger partial charge in [-0.2, -0.15) is 0 Å². The highest BCUT2D eigenvalue weighted by molar-refractivity contribution is 7.99. The van der Waals surface area contributed by atoms with Crippen molar-refractivity contribution in [2.45, 2.75) is 57.3 Å². The van der Waals surface area contributed by atoms with Gasteiger partial charge in [-0.3, -0.25) is 9.59 Å². The van der Waals surface area contributed by atoms with Crippen LogP contribution < -0.4 is 0 Å². The molecule has 1 aliphatic rings. The Labute approximate surface area is 206 Å². The average molecular weight is 485 g/mol. The first kappa shape index (κ1) is 26.5. The molecule has 2 aromatic carbocycles. The van der Waals surface area contributed by atoms with Crippen LogP contribution in [0.4, 0.5) is 0 Å². The highest BCUT2D eigenvalue weighted by Gasteiger charge is 2.34. The summed E-state index contributed by atoms with van der Waals surface area (Å²) in [5.74, 6) is 1.25. The van der Waals surface area contributed by atoms with Crippen LogP contribution in [0.5, 0.6) is 0 Å². The van der Waals surface area contributed by atoms with E-state index in [0.717, 1.165) is 24.2 Å². The van der Waals surface area contributed by atoms with E-state index >= 15 is 0 Å². The molecule has 0 bridgehead atoms. The first-order valence-electron chi connectivity index (χ1n) is 12.1. The number of ketones is 1. The smallest absolute Gasteiger partial charge is 0.306 e. The minimum Gasteiger partial charge on any atom is -0.463 e. The lowest BCUT2D eigenvalue weighted by Crippen LogP contribution is -2.19. The zero-order valence-corrected chi connectivity index (χ0v) is 21.0. The van der Waals surface area contributed by atoms with Crippen LogP contribution in [0.15, 0.2) is 41.3 Å². The molecule has 0 spiro atoms. The number of hydrogen-bond acceptors (Lipinski definition) is 6. The first-order valence-corrected chi connectivity index (χ1v) is 13.1. The number of esters is 1. The van der Waals surface area contributed by atoms with Crippen molar-refractivity contribution < 1.29 is 24.5 Å². The first-order chi connectivity index (χ1) is 16.4. The summed E-state index contributed by atoms with van der Waals surface area (Å²) in [7, 11) is 0. The van der Waals surface area contributed by atoms with Crippen LogP contribution in [0.3, 0.4) is 0 Å². The van der Waals surface area contributed by atoms with Gasteiger partial charge in [0.05, 0.1) is 6.61 Å². The molecule has 3 rings (SSSR count). The molecule has 184 valence electrons. The maximum atomic E-state index is 12.7. The van der Waals surface area contributed by atoms with E-state index in [1.54, 1.807) is 11.8 Å². The third kappa shape index (κ3) is 7.42. The van der Waals surface area contributed by atoms with Gasteiger partial charge in [0.2, 0.25) is 0 Å². The van der Waals surface area contributed by atoms with Crippen molar-refractivity contribution in [3.05, 3.63) is 64.2 Å². The molecule has 0 aliphatic heterocycles. The molecular formula is C28H36O5S. The lowest BCUT2D eigenvalue weighted by atomic mass is 9.89. The van der Waals surface area contributed by atoms with Gasteiger partial charge in [-0.05, 0) is 85.4 Å². The summed E-state index contributed by atoms with van der Waals surface area (Å²) in [6.07, 6.45) is 4.02. The number of thioether (sulfide) groups is 1. The van der Waals surface area contributed by atoms with E-state index < -0.39 is 0 Å². The Morgan fingerprint density at radius 2 is 1.79 bits per heavy atom. The molecule has 0 aromatic heterocycles. The molecule has 5 nitrogen and oxygen atoms in total. The molecule has 0 amide bonds. The highest BCUT2D eigenvalue weighted by atomic mass is 32.2. The largest absolute Gasteiger partial charge is 0.463 e. The number of benzene rings is 2. The molecule has 0 radical (unpaired) electrons. The Hall–Kier alpha value is -2.15. The fourth-order valence-electron chi connectivity index (χ4n) is 4.87. The monoisotopic (exact) mass is 484 g/mol. The molecule has 0 heterocycles. The third-order valence-corrected chi connectivity index (χ3v) is 7.76. The number of rotatable bonds is 12. The summed E-state index contributed by atoms with van der Waals surface area (Å²) in [6.45, 7) is 4.21. The van der Waals surface area contributed by atoms with Gasteiger partial charge in [-0.15, -0.1) is 11.8 Å². The number of carbonyl (C=O) groups is 2. The van der Waals surface area contributed by atoms with E-state index in [0.29, 0.717) is 37.4 Å². The Morgan fingerprint density at radius 1 is 1.06 bits per heavy atom. The van der Waals surface area contributed by atoms with Crippen molar-refractivity contribution in [2.24, 2.45) is 11.8 Å². The highest BCUT2D eigenvalue weighted by Crippen LogP contribution is 2.36. The van der Waals surface area contributed by atoms with Gasteiger partial charge in [0.25, 0.3) is 0 Å². The fourth-order valence-corrected chi connectivity index (χ4v) is 6.22. The molecule has 0 saturated heterocycles. The normalized spacial score (nSPS) is 17.8. The zero-order chi connectivity index (χ0) is 24.5. The van der Waals surface area contributed by atoms with Crippen molar-refractivity contribution in [1.29, 1.82) is 0 Å². The van der Waals surface area contributed by atoms with Gasteiger partial charge >= 0.3 is 5.97 Å². The van der Waals surface area contributed by atoms with Crippen LogP contribution >= 0.6 is 11.8 Å². The van der Waals surface area contributed by atoms with Gasteiger partial charge < -0.3 is 14.9 Å². The summed E-state index contributed by atoms with van der Waals surface area (Å²) in [5, 5.41) is 18.1. The molecule has 1 aliphatic carbocycles. The van der Waals surface area contributed by atoms with E-state index in [2.05, 4.69) is 38.1 Å². The van der Waals surface area contributed by atoms with Crippen LogP contribution in [-0.2, 0) is 33.6 Å². The van der Waals surface area contributed by atoms with E-state index in [1.807, 2.05) is 12.1 Å². The number of aliphatic hydroxyl groups is 2. The van der Waals surface area contributed by atoms with Crippen molar-refractivity contribution in [1.82, 2.24) is 0 Å². The van der Waals surface area contributed by atoms with Crippen LogP contribution in [0.1, 0.15) is 47.1 Å². The Bertz CT molecular complexity index is 964. The number of ether oxygens (including phenoxy) is 1. The number of hydrogen-bond donors (Lipinski definition) is 2. The quantitative estimate of drug-likeness (QED) is 0.346. The van der Waals surface area contributed by atoms with E-state index in [4.69, 9.17) is 9.84 Å². The van der Waals surface area contributed by atoms with E-state index in [-0.39, 0.29) is 31.7 Å². The van der Waals surface area contributed by atoms with Crippen LogP contribution in [0, 0.1) is 25.7 Å². The summed E-state index contributed by atoms with van der Waals surface area (Å²) >= 11 is 1.76. The van der Waals surface area contributed by atoms with Gasteiger partial charge in [0, 0.05) is 36.0 Å². The van der Waals surface area contributed by atoms with E-state index in [9.17, 15) is 14.7 Å². The lowest BCUT2D eigenvalue weighted by molar-refractivity contribution is -0.144. The maximum Gasteiger partial charge on any atom is 0.306 e. The molecule has 2 atom stereocenters. The maximum absolute atomic E-state index is 12.7. The molecule has 34 heavy (non-hydrogen) atoms. The van der Waals surface area contributed by atoms with Crippen molar-refractivity contribution in [3.63, 3.8) is 0 Å². The van der Waals surface area contributed by atoms with Crippen molar-refractivity contribution >= 4 is 23.5 Å². The van der Waals surface area contributed by atoms with Crippen LogP contribution in [0.25, 0.3) is 0 Å². The minimum absolute atomic E-state index is 0.0416. The number of aliphatic hydroxyl groups excluding tert-OH is 2. The van der Waals surface area contributed by atoms with Crippen molar-refractivity contribution in [2.75, 3.05) is 25.6 Å². The van der Waals surface area contributed by atoms with Crippen LogP contribution in [0.2, 0.25) is 0 Å². The Morgan fingerprint density at radius 3 is 2.50 bits per heavy atom. The second-order valence-electron chi connectivity index (χ2n) is 9.16. The van der Waals surface area contributed by atoms with Gasteiger partial charge in [0.1, 0.15) is 12.4 Å². The average Bonchev–Trinajstić information content (AvgIpc) is 3.16. The number of carbonyl (C=O) groups excluding carboxylic acids is 2. The van der Waals surface area contributed by atoms with Crippen molar-refractivity contribution in [3.8, 4) is 0 Å². The molecule has 2 aromatic rings. The predicted molar refractivity (Wildman–Crippen MR) is 135 cm³/mol. The standard InChI is InChI=1S/C28H36O5S/c1-19-14-24(15-20(2)25(19)10-11-29)34-18-26-23(7-8-27(26)31)17-22-5-3-4-21(16-22)6-9-28(32)33-13-12-30/h3-5,14-16,23,26,29-30H,6-13,17-18H2,1-2H3/t23-,26-/m1/s1. The van der Waals surface area contributed by atoms with Crippen LogP contribution in [-0.4, -0.2) is 47.5 Å². The second-order valence-corrected chi connectivity index (χ2v) is 10.3. The molecule has 2 N–H and O–H groups in total. The lowest BCUT2D eigenvalue weighted by Gasteiger charge is -2.19. The zero-order valence-electron chi connectivity index (χ0n) is 20.2. The summed E-state index contributed by atoms with van der Waals surface area (Å²) in [4.78, 5) is 25.6. The number of aryl methyl sites for hydroxylation is 3. The Balaban J connectivity index is 1.59. The SMILES string of the molecule is Cc1cc(SC[C@H]2C(=O)CC[C@@H]2Cc2cccc(CCC(=O)OCCO)c2)cc(C)c1CCO. The molecule has 1 saturated carbocycles.